The second kappa shape index (κ2) is 5.35. The van der Waals surface area contributed by atoms with E-state index < -0.39 is 17.4 Å². The molecule has 0 bridgehead atoms. The van der Waals surface area contributed by atoms with Crippen LogP contribution in [0.2, 0.25) is 0 Å². The van der Waals surface area contributed by atoms with Crippen molar-refractivity contribution in [1.82, 2.24) is 5.32 Å². The summed E-state index contributed by atoms with van der Waals surface area (Å²) in [6.07, 6.45) is 3.03. The molecule has 1 saturated carbocycles. The molecule has 0 unspecified atom stereocenters. The second-order valence-corrected chi connectivity index (χ2v) is 3.82. The van der Waals surface area contributed by atoms with E-state index in [1.165, 1.54) is 13.3 Å². The van der Waals surface area contributed by atoms with E-state index in [2.05, 4.69) is 16.9 Å². The van der Waals surface area contributed by atoms with E-state index in [9.17, 15) is 9.59 Å². The number of hydrogen-bond donors (Lipinski definition) is 3. The summed E-state index contributed by atoms with van der Waals surface area (Å²) in [4.78, 5) is 26.4. The normalized spacial score (nSPS) is 17.3. The lowest BCUT2D eigenvalue weighted by molar-refractivity contribution is -0.142. The number of ether oxygens (including phenoxy) is 1. The van der Waals surface area contributed by atoms with Crippen molar-refractivity contribution in [2.75, 3.05) is 7.11 Å². The number of nitrogens with zero attached hydrogens (tertiary/aromatic N) is 1. The molecule has 1 rings (SSSR count). The molecule has 1 fully saturated rings. The summed E-state index contributed by atoms with van der Waals surface area (Å²) >= 11 is 0. The molecule has 0 aliphatic heterocycles. The van der Waals surface area contributed by atoms with Crippen LogP contribution in [0.25, 0.3) is 0 Å². The number of nitrogens with two attached hydrogens (primary N) is 1. The SMILES string of the molecule is C=C(/N=C\C(=C/N)C(=O)NC1(C(=O)O)CC1)OC. The smallest absolute Gasteiger partial charge is 0.329 e. The van der Waals surface area contributed by atoms with Gasteiger partial charge in [-0.2, -0.15) is 0 Å². The van der Waals surface area contributed by atoms with Gasteiger partial charge >= 0.3 is 5.97 Å². The van der Waals surface area contributed by atoms with Crippen LogP contribution in [-0.2, 0) is 14.3 Å². The van der Waals surface area contributed by atoms with Gasteiger partial charge in [0.25, 0.3) is 5.91 Å². The molecule has 0 atom stereocenters. The van der Waals surface area contributed by atoms with Crippen LogP contribution in [0.5, 0.6) is 0 Å². The molecule has 1 amide bonds. The molecule has 1 aliphatic rings. The summed E-state index contributed by atoms with van der Waals surface area (Å²) in [5, 5.41) is 11.3. The standard InChI is InChI=1S/C11H15N3O4/c1-7(18-2)13-6-8(5-12)9(15)14-11(3-4-11)10(16)17/h5-6H,1,3-4,12H2,2H3,(H,14,15)(H,16,17)/b8-5+,13-6-. The van der Waals surface area contributed by atoms with Crippen LogP contribution in [-0.4, -0.2) is 35.8 Å². The maximum atomic E-state index is 11.8. The van der Waals surface area contributed by atoms with Crippen LogP contribution in [0.3, 0.4) is 0 Å². The predicted molar refractivity (Wildman–Crippen MR) is 64.7 cm³/mol. The third-order valence-electron chi connectivity index (χ3n) is 2.54. The van der Waals surface area contributed by atoms with E-state index in [4.69, 9.17) is 15.6 Å². The van der Waals surface area contributed by atoms with Crippen molar-refractivity contribution in [3.8, 4) is 0 Å². The predicted octanol–water partition coefficient (Wildman–Crippen LogP) is -0.249. The van der Waals surface area contributed by atoms with Gasteiger partial charge in [0.2, 0.25) is 5.88 Å². The fraction of sp³-hybridized carbons (Fsp3) is 0.364. The molecule has 7 heteroatoms. The van der Waals surface area contributed by atoms with E-state index in [-0.39, 0.29) is 11.5 Å². The van der Waals surface area contributed by atoms with Crippen LogP contribution in [0.15, 0.2) is 29.2 Å². The van der Waals surface area contributed by atoms with Gasteiger partial charge in [-0.25, -0.2) is 9.79 Å². The molecule has 0 aromatic rings. The summed E-state index contributed by atoms with van der Waals surface area (Å²) in [6, 6.07) is 0. The number of aliphatic imine (C=N–C) groups is 1. The van der Waals surface area contributed by atoms with Gasteiger partial charge in [-0.3, -0.25) is 4.79 Å². The van der Waals surface area contributed by atoms with E-state index in [1.807, 2.05) is 0 Å². The third-order valence-corrected chi connectivity index (χ3v) is 2.54. The Bertz CT molecular complexity index is 436. The summed E-state index contributed by atoms with van der Waals surface area (Å²) in [6.45, 7) is 3.44. The number of carbonyl (C=O) groups is 2. The first-order valence-electron chi connectivity index (χ1n) is 5.20. The van der Waals surface area contributed by atoms with Crippen LogP contribution < -0.4 is 11.1 Å². The topological polar surface area (TPSA) is 114 Å². The number of amides is 1. The first kappa shape index (κ1) is 13.8. The minimum absolute atomic E-state index is 0.0423. The molecule has 0 aromatic heterocycles. The molecule has 0 heterocycles. The third kappa shape index (κ3) is 3.09. The number of carboxylic acid groups (broad SMARTS) is 1. The van der Waals surface area contributed by atoms with Gasteiger partial charge in [0, 0.05) is 12.4 Å². The minimum atomic E-state index is -1.16. The Morgan fingerprint density at radius 3 is 2.56 bits per heavy atom. The maximum Gasteiger partial charge on any atom is 0.329 e. The summed E-state index contributed by atoms with van der Waals surface area (Å²) in [5.41, 5.74) is 4.17. The lowest BCUT2D eigenvalue weighted by atomic mass is 10.2. The highest BCUT2D eigenvalue weighted by atomic mass is 16.5. The van der Waals surface area contributed by atoms with Crippen LogP contribution in [0.1, 0.15) is 12.8 Å². The van der Waals surface area contributed by atoms with E-state index in [0.717, 1.165) is 6.20 Å². The van der Waals surface area contributed by atoms with Crippen LogP contribution in [0.4, 0.5) is 0 Å². The highest BCUT2D eigenvalue weighted by Crippen LogP contribution is 2.35. The average molecular weight is 253 g/mol. The van der Waals surface area contributed by atoms with Gasteiger partial charge in [-0.05, 0) is 19.4 Å². The molecule has 0 radical (unpaired) electrons. The highest BCUT2D eigenvalue weighted by Gasteiger charge is 2.51. The first-order chi connectivity index (χ1) is 8.45. The molecular weight excluding hydrogens is 238 g/mol. The van der Waals surface area contributed by atoms with Crippen molar-refractivity contribution in [2.24, 2.45) is 10.7 Å². The fourth-order valence-corrected chi connectivity index (χ4v) is 1.18. The fourth-order valence-electron chi connectivity index (χ4n) is 1.18. The molecule has 18 heavy (non-hydrogen) atoms. The number of nitrogens with one attached hydrogen (secondary N) is 1. The van der Waals surface area contributed by atoms with Gasteiger partial charge in [-0.15, -0.1) is 0 Å². The zero-order valence-electron chi connectivity index (χ0n) is 9.97. The van der Waals surface area contributed by atoms with Gasteiger partial charge < -0.3 is 20.9 Å². The van der Waals surface area contributed by atoms with E-state index in [1.54, 1.807) is 0 Å². The van der Waals surface area contributed by atoms with Crippen molar-refractivity contribution in [2.45, 2.75) is 18.4 Å². The molecule has 1 aliphatic carbocycles. The van der Waals surface area contributed by atoms with Crippen molar-refractivity contribution in [3.63, 3.8) is 0 Å². The van der Waals surface area contributed by atoms with Crippen LogP contribution >= 0.6 is 0 Å². The Labute approximate surface area is 104 Å². The van der Waals surface area contributed by atoms with Crippen molar-refractivity contribution >= 4 is 18.1 Å². The Morgan fingerprint density at radius 2 is 2.17 bits per heavy atom. The van der Waals surface area contributed by atoms with E-state index in [0.29, 0.717) is 12.8 Å². The number of carbonyl (C=O) groups excluding carboxylic acids is 1. The number of hydrogen-bond acceptors (Lipinski definition) is 5. The minimum Gasteiger partial charge on any atom is -0.481 e. The Morgan fingerprint density at radius 1 is 1.56 bits per heavy atom. The molecular formula is C11H15N3O4. The molecule has 0 spiro atoms. The Hall–Kier alpha value is -2.31. The summed E-state index contributed by atoms with van der Waals surface area (Å²) < 4.78 is 4.69. The van der Waals surface area contributed by atoms with Gasteiger partial charge in [0.05, 0.1) is 12.7 Å². The molecule has 4 N–H and O–H groups in total. The molecule has 0 aromatic carbocycles. The molecule has 0 saturated heterocycles. The Kier molecular flexibility index (Phi) is 4.09. The van der Waals surface area contributed by atoms with Gasteiger partial charge in [0.15, 0.2) is 0 Å². The zero-order valence-corrected chi connectivity index (χ0v) is 9.97. The molecule has 7 nitrogen and oxygen atoms in total. The number of rotatable bonds is 6. The average Bonchev–Trinajstić information content (AvgIpc) is 3.10. The Balaban J connectivity index is 2.68. The van der Waals surface area contributed by atoms with Crippen molar-refractivity contribution in [3.05, 3.63) is 24.2 Å². The number of carboxylic acids is 1. The monoisotopic (exact) mass is 253 g/mol. The molecule has 98 valence electrons. The quantitative estimate of drug-likeness (QED) is 0.343. The van der Waals surface area contributed by atoms with Gasteiger partial charge in [0.1, 0.15) is 5.54 Å². The largest absolute Gasteiger partial charge is 0.481 e. The zero-order chi connectivity index (χ0) is 13.8. The highest BCUT2D eigenvalue weighted by molar-refractivity contribution is 6.13. The first-order valence-corrected chi connectivity index (χ1v) is 5.20. The lowest BCUT2D eigenvalue weighted by Crippen LogP contribution is -2.44. The second-order valence-electron chi connectivity index (χ2n) is 3.82. The van der Waals surface area contributed by atoms with Crippen molar-refractivity contribution in [1.29, 1.82) is 0 Å². The maximum absolute atomic E-state index is 11.8. The van der Waals surface area contributed by atoms with Gasteiger partial charge in [-0.1, -0.05) is 0 Å². The summed E-state index contributed by atoms with van der Waals surface area (Å²) in [7, 11) is 1.38. The van der Waals surface area contributed by atoms with Crippen molar-refractivity contribution < 1.29 is 19.4 Å². The number of methoxy groups -OCH3 is 1. The van der Waals surface area contributed by atoms with Crippen LogP contribution in [0, 0.1) is 0 Å². The van der Waals surface area contributed by atoms with E-state index >= 15 is 0 Å². The lowest BCUT2D eigenvalue weighted by Gasteiger charge is -2.12. The number of aliphatic carboxylic acids is 1. The summed E-state index contributed by atoms with van der Waals surface area (Å²) in [5.74, 6) is -1.53.